The van der Waals surface area contributed by atoms with Gasteiger partial charge >= 0.3 is 6.26 Å². The molecule has 56 valence electrons. The number of benzene rings is 1. The maximum Gasteiger partial charge on any atom is 0.324 e. The SMILES string of the molecule is N#COOCc1ccccc1. The van der Waals surface area contributed by atoms with Crippen LogP contribution in [-0.2, 0) is 16.4 Å². The van der Waals surface area contributed by atoms with Gasteiger partial charge in [-0.25, -0.2) is 0 Å². The van der Waals surface area contributed by atoms with Gasteiger partial charge in [0.1, 0.15) is 6.61 Å². The van der Waals surface area contributed by atoms with Gasteiger partial charge in [0, 0.05) is 0 Å². The van der Waals surface area contributed by atoms with Crippen molar-refractivity contribution in [2.45, 2.75) is 6.61 Å². The highest BCUT2D eigenvalue weighted by Gasteiger charge is 1.89. The van der Waals surface area contributed by atoms with E-state index in [1.54, 1.807) is 0 Å². The van der Waals surface area contributed by atoms with Crippen molar-refractivity contribution in [2.75, 3.05) is 0 Å². The van der Waals surface area contributed by atoms with E-state index in [-0.39, 0.29) is 0 Å². The second-order valence-electron chi connectivity index (χ2n) is 1.92. The molecule has 0 aliphatic carbocycles. The van der Waals surface area contributed by atoms with Crippen molar-refractivity contribution in [1.82, 2.24) is 0 Å². The Morgan fingerprint density at radius 1 is 1.27 bits per heavy atom. The van der Waals surface area contributed by atoms with Gasteiger partial charge in [0.25, 0.3) is 0 Å². The molecule has 0 N–H and O–H groups in total. The molecule has 0 atom stereocenters. The first-order chi connectivity index (χ1) is 5.43. The average molecular weight is 149 g/mol. The van der Waals surface area contributed by atoms with Gasteiger partial charge in [-0.1, -0.05) is 30.3 Å². The maximum absolute atomic E-state index is 7.95. The summed E-state index contributed by atoms with van der Waals surface area (Å²) in [4.78, 5) is 8.55. The van der Waals surface area contributed by atoms with Crippen LogP contribution in [0.1, 0.15) is 5.56 Å². The molecular weight excluding hydrogens is 142 g/mol. The van der Waals surface area contributed by atoms with Crippen LogP contribution in [-0.4, -0.2) is 0 Å². The Labute approximate surface area is 64.7 Å². The average Bonchev–Trinajstić information content (AvgIpc) is 2.07. The third-order valence-electron chi connectivity index (χ3n) is 1.16. The fourth-order valence-corrected chi connectivity index (χ4v) is 0.698. The van der Waals surface area contributed by atoms with Gasteiger partial charge < -0.3 is 0 Å². The number of rotatable bonds is 3. The van der Waals surface area contributed by atoms with Crippen LogP contribution in [0.15, 0.2) is 30.3 Å². The second kappa shape index (κ2) is 4.31. The molecule has 0 amide bonds. The van der Waals surface area contributed by atoms with Crippen molar-refractivity contribution in [2.24, 2.45) is 0 Å². The topological polar surface area (TPSA) is 42.2 Å². The second-order valence-corrected chi connectivity index (χ2v) is 1.92. The van der Waals surface area contributed by atoms with E-state index in [1.165, 1.54) is 6.26 Å². The normalized spacial score (nSPS) is 8.64. The van der Waals surface area contributed by atoms with E-state index < -0.39 is 0 Å². The number of hydrogen-bond acceptors (Lipinski definition) is 3. The van der Waals surface area contributed by atoms with E-state index in [0.717, 1.165) is 5.56 Å². The molecule has 11 heavy (non-hydrogen) atoms. The molecule has 0 aliphatic heterocycles. The van der Waals surface area contributed by atoms with Crippen molar-refractivity contribution in [3.8, 4) is 6.26 Å². The highest BCUT2D eigenvalue weighted by atomic mass is 17.2. The van der Waals surface area contributed by atoms with Crippen molar-refractivity contribution in [3.63, 3.8) is 0 Å². The summed E-state index contributed by atoms with van der Waals surface area (Å²) in [5, 5.41) is 7.95. The van der Waals surface area contributed by atoms with E-state index in [0.29, 0.717) is 6.61 Å². The molecule has 0 spiro atoms. The predicted octanol–water partition coefficient (Wildman–Crippen LogP) is 1.62. The summed E-state index contributed by atoms with van der Waals surface area (Å²) < 4.78 is 0. The fourth-order valence-electron chi connectivity index (χ4n) is 0.698. The largest absolute Gasteiger partial charge is 0.324 e. The Hall–Kier alpha value is -1.53. The molecule has 0 bridgehead atoms. The number of nitriles is 1. The molecular formula is C8H7NO2. The number of nitrogens with zero attached hydrogens (tertiary/aromatic N) is 1. The van der Waals surface area contributed by atoms with Gasteiger partial charge in [-0.15, -0.1) is 5.26 Å². The van der Waals surface area contributed by atoms with Gasteiger partial charge in [0.2, 0.25) is 0 Å². The van der Waals surface area contributed by atoms with Crippen LogP contribution >= 0.6 is 0 Å². The lowest BCUT2D eigenvalue weighted by molar-refractivity contribution is -0.248. The van der Waals surface area contributed by atoms with Gasteiger partial charge in [0.15, 0.2) is 0 Å². The van der Waals surface area contributed by atoms with Crippen LogP contribution in [0.4, 0.5) is 0 Å². The zero-order valence-corrected chi connectivity index (χ0v) is 5.86. The Balaban J connectivity index is 2.35. The first-order valence-electron chi connectivity index (χ1n) is 3.15. The molecule has 1 rings (SSSR count). The van der Waals surface area contributed by atoms with Crippen molar-refractivity contribution >= 4 is 0 Å². The molecule has 3 nitrogen and oxygen atoms in total. The van der Waals surface area contributed by atoms with E-state index in [4.69, 9.17) is 5.26 Å². The Kier molecular flexibility index (Phi) is 2.97. The van der Waals surface area contributed by atoms with Gasteiger partial charge in [0.05, 0.1) is 0 Å². The predicted molar refractivity (Wildman–Crippen MR) is 37.9 cm³/mol. The van der Waals surface area contributed by atoms with Crippen LogP contribution in [0.5, 0.6) is 0 Å². The van der Waals surface area contributed by atoms with Crippen LogP contribution in [0.3, 0.4) is 0 Å². The lowest BCUT2D eigenvalue weighted by atomic mass is 10.2. The monoisotopic (exact) mass is 149 g/mol. The number of hydrogen-bond donors (Lipinski definition) is 0. The zero-order valence-electron chi connectivity index (χ0n) is 5.86. The highest BCUT2D eigenvalue weighted by molar-refractivity contribution is 5.13. The fraction of sp³-hybridized carbons (Fsp3) is 0.125. The molecule has 0 saturated carbocycles. The molecule has 0 aliphatic rings. The third-order valence-corrected chi connectivity index (χ3v) is 1.16. The summed E-state index contributed by atoms with van der Waals surface area (Å²) >= 11 is 0. The lowest BCUT2D eigenvalue weighted by Gasteiger charge is -1.96. The zero-order chi connectivity index (χ0) is 7.94. The molecule has 1 aromatic carbocycles. The van der Waals surface area contributed by atoms with Crippen LogP contribution in [0, 0.1) is 11.5 Å². The van der Waals surface area contributed by atoms with Crippen molar-refractivity contribution in [3.05, 3.63) is 35.9 Å². The summed E-state index contributed by atoms with van der Waals surface area (Å²) in [6.45, 7) is 0.300. The molecule has 0 fully saturated rings. The Morgan fingerprint density at radius 3 is 2.64 bits per heavy atom. The molecule has 0 aromatic heterocycles. The lowest BCUT2D eigenvalue weighted by Crippen LogP contribution is -1.89. The molecule has 3 heteroatoms. The van der Waals surface area contributed by atoms with E-state index in [9.17, 15) is 0 Å². The molecule has 0 saturated heterocycles. The molecule has 0 unspecified atom stereocenters. The summed E-state index contributed by atoms with van der Waals surface area (Å²) in [5.74, 6) is 0. The van der Waals surface area contributed by atoms with Crippen molar-refractivity contribution in [1.29, 1.82) is 5.26 Å². The summed E-state index contributed by atoms with van der Waals surface area (Å²) in [5.41, 5.74) is 0.975. The van der Waals surface area contributed by atoms with E-state index in [1.807, 2.05) is 30.3 Å². The van der Waals surface area contributed by atoms with Gasteiger partial charge in [-0.3, -0.25) is 4.89 Å². The van der Waals surface area contributed by atoms with Gasteiger partial charge in [-0.2, -0.15) is 4.89 Å². The smallest absolute Gasteiger partial charge is 0.254 e. The van der Waals surface area contributed by atoms with E-state index >= 15 is 0 Å². The van der Waals surface area contributed by atoms with Crippen LogP contribution < -0.4 is 0 Å². The maximum atomic E-state index is 7.95. The Morgan fingerprint density at radius 2 is 2.00 bits per heavy atom. The first-order valence-corrected chi connectivity index (χ1v) is 3.15. The third kappa shape index (κ3) is 2.70. The quantitative estimate of drug-likeness (QED) is 0.284. The van der Waals surface area contributed by atoms with Crippen molar-refractivity contribution < 1.29 is 9.78 Å². The van der Waals surface area contributed by atoms with Crippen LogP contribution in [0.2, 0.25) is 0 Å². The van der Waals surface area contributed by atoms with Gasteiger partial charge in [-0.05, 0) is 5.56 Å². The first kappa shape index (κ1) is 7.58. The molecule has 0 radical (unpaired) electrons. The molecule has 0 heterocycles. The molecule has 1 aromatic rings. The highest BCUT2D eigenvalue weighted by Crippen LogP contribution is 1.99. The minimum atomic E-state index is 0.300. The summed E-state index contributed by atoms with van der Waals surface area (Å²) in [7, 11) is 0. The minimum Gasteiger partial charge on any atom is -0.254 e. The minimum absolute atomic E-state index is 0.300. The van der Waals surface area contributed by atoms with Crippen LogP contribution in [0.25, 0.3) is 0 Å². The standard InChI is InChI=1S/C8H7NO2/c9-7-11-10-6-8-4-2-1-3-5-8/h1-5H,6H2. The Bertz CT molecular complexity index is 240. The van der Waals surface area contributed by atoms with E-state index in [2.05, 4.69) is 9.78 Å². The summed E-state index contributed by atoms with van der Waals surface area (Å²) in [6.07, 6.45) is 1.42. The summed E-state index contributed by atoms with van der Waals surface area (Å²) in [6, 6.07) is 9.48.